The van der Waals surface area contributed by atoms with Crippen LogP contribution in [0.15, 0.2) is 50.0 Å². The van der Waals surface area contributed by atoms with Crippen LogP contribution in [0.2, 0.25) is 0 Å². The van der Waals surface area contributed by atoms with Gasteiger partial charge in [-0.3, -0.25) is 0 Å². The van der Waals surface area contributed by atoms with Crippen LogP contribution < -0.4 is 5.73 Å². The highest BCUT2D eigenvalue weighted by Gasteiger charge is 2.07. The van der Waals surface area contributed by atoms with Gasteiger partial charge in [0.2, 0.25) is 5.89 Å². The zero-order valence-electron chi connectivity index (χ0n) is 12.9. The lowest BCUT2D eigenvalue weighted by atomic mass is 10.2. The number of aromatic nitrogens is 2. The van der Waals surface area contributed by atoms with Gasteiger partial charge in [-0.15, -0.1) is 11.3 Å². The van der Waals surface area contributed by atoms with Crippen LogP contribution in [0.3, 0.4) is 0 Å². The highest BCUT2D eigenvalue weighted by atomic mass is 79.9. The van der Waals surface area contributed by atoms with Gasteiger partial charge in [-0.2, -0.15) is 0 Å². The summed E-state index contributed by atoms with van der Waals surface area (Å²) in [5.41, 5.74) is 8.26. The summed E-state index contributed by atoms with van der Waals surface area (Å²) < 4.78 is 6.45. The number of aryl methyl sites for hydroxylation is 1. The smallest absolute Gasteiger partial charge is 0.226 e. The van der Waals surface area contributed by atoms with Crippen LogP contribution in [0, 0.1) is 6.92 Å². The molecule has 0 aliphatic carbocycles. The molecule has 0 unspecified atom stereocenters. The zero-order valence-corrected chi connectivity index (χ0v) is 15.3. The summed E-state index contributed by atoms with van der Waals surface area (Å²) in [7, 11) is 0. The molecule has 3 aromatic rings. The number of hydrogen-bond acceptors (Lipinski definition) is 6. The second kappa shape index (κ2) is 7.59. The lowest BCUT2D eigenvalue weighted by Gasteiger charge is -1.98. The van der Waals surface area contributed by atoms with Crippen molar-refractivity contribution in [2.24, 2.45) is 10.9 Å². The molecule has 3 rings (SSSR count). The van der Waals surface area contributed by atoms with Crippen molar-refractivity contribution in [3.63, 3.8) is 0 Å². The van der Waals surface area contributed by atoms with E-state index in [9.17, 15) is 0 Å². The van der Waals surface area contributed by atoms with Gasteiger partial charge in [0.25, 0.3) is 0 Å². The molecule has 0 aliphatic rings. The summed E-state index contributed by atoms with van der Waals surface area (Å²) in [6, 6.07) is 7.71. The summed E-state index contributed by atoms with van der Waals surface area (Å²) in [5, 5.41) is 6.85. The molecule has 0 amide bonds. The average Bonchev–Trinajstić information content (AvgIpc) is 3.17. The van der Waals surface area contributed by atoms with Crippen LogP contribution in [0.25, 0.3) is 11.5 Å². The summed E-state index contributed by atoms with van der Waals surface area (Å²) in [6.07, 6.45) is 2.01. The minimum absolute atomic E-state index is 0.191. The van der Waals surface area contributed by atoms with Crippen molar-refractivity contribution in [1.29, 1.82) is 0 Å². The zero-order chi connectivity index (χ0) is 16.9. The SMILES string of the molecule is Cc1nc(C/C(N)=N/OCc2coc(-c3ccc(Br)cc3)n2)cs1. The molecule has 0 bridgehead atoms. The number of benzene rings is 1. The molecular formula is C16H15BrN4O2S. The first-order valence-electron chi connectivity index (χ1n) is 7.16. The van der Waals surface area contributed by atoms with Gasteiger partial charge in [-0.05, 0) is 31.2 Å². The number of halogens is 1. The molecule has 2 heterocycles. The molecule has 0 fully saturated rings. The first-order chi connectivity index (χ1) is 11.6. The second-order valence-electron chi connectivity index (χ2n) is 5.04. The van der Waals surface area contributed by atoms with Crippen LogP contribution in [-0.2, 0) is 17.9 Å². The van der Waals surface area contributed by atoms with Gasteiger partial charge in [-0.25, -0.2) is 9.97 Å². The van der Waals surface area contributed by atoms with Crippen LogP contribution in [0.1, 0.15) is 16.4 Å². The van der Waals surface area contributed by atoms with Crippen LogP contribution in [0.4, 0.5) is 0 Å². The Morgan fingerprint density at radius 2 is 2.08 bits per heavy atom. The quantitative estimate of drug-likeness (QED) is 0.381. The Morgan fingerprint density at radius 1 is 1.29 bits per heavy atom. The molecule has 2 aromatic heterocycles. The Morgan fingerprint density at radius 3 is 2.79 bits per heavy atom. The number of oxazole rings is 1. The van der Waals surface area contributed by atoms with Gasteiger partial charge in [0.15, 0.2) is 6.61 Å². The van der Waals surface area contributed by atoms with Gasteiger partial charge in [0.05, 0.1) is 17.1 Å². The van der Waals surface area contributed by atoms with E-state index in [1.54, 1.807) is 17.6 Å². The van der Waals surface area contributed by atoms with E-state index in [2.05, 4.69) is 31.1 Å². The number of nitrogens with zero attached hydrogens (tertiary/aromatic N) is 3. The Kier molecular flexibility index (Phi) is 5.27. The monoisotopic (exact) mass is 406 g/mol. The summed E-state index contributed by atoms with van der Waals surface area (Å²) in [5.74, 6) is 0.910. The number of oxime groups is 1. The van der Waals surface area contributed by atoms with E-state index >= 15 is 0 Å². The molecule has 2 N–H and O–H groups in total. The predicted octanol–water partition coefficient (Wildman–Crippen LogP) is 3.90. The molecule has 1 aromatic carbocycles. The van der Waals surface area contributed by atoms with Crippen LogP contribution in [0.5, 0.6) is 0 Å². The van der Waals surface area contributed by atoms with Gasteiger partial charge in [0.1, 0.15) is 17.8 Å². The minimum atomic E-state index is 0.191. The standard InChI is InChI=1S/C16H15BrN4O2S/c1-10-19-13(9-24-10)6-15(18)21-23-8-14-7-22-16(20-14)11-2-4-12(17)5-3-11/h2-5,7,9H,6,8H2,1H3,(H2,18,21). The Labute approximate surface area is 151 Å². The lowest BCUT2D eigenvalue weighted by Crippen LogP contribution is -2.15. The normalized spacial score (nSPS) is 11.7. The summed E-state index contributed by atoms with van der Waals surface area (Å²) >= 11 is 4.98. The fourth-order valence-corrected chi connectivity index (χ4v) is 2.86. The number of hydrogen-bond donors (Lipinski definition) is 1. The first-order valence-corrected chi connectivity index (χ1v) is 8.83. The highest BCUT2D eigenvalue weighted by Crippen LogP contribution is 2.21. The third-order valence-electron chi connectivity index (χ3n) is 3.07. The molecule has 0 atom stereocenters. The van der Waals surface area contributed by atoms with Crippen molar-refractivity contribution >= 4 is 33.1 Å². The van der Waals surface area contributed by atoms with Crippen molar-refractivity contribution in [3.05, 3.63) is 56.8 Å². The maximum absolute atomic E-state index is 5.83. The predicted molar refractivity (Wildman–Crippen MR) is 96.6 cm³/mol. The number of nitrogens with two attached hydrogens (primary N) is 1. The van der Waals surface area contributed by atoms with Crippen molar-refractivity contribution in [3.8, 4) is 11.5 Å². The molecule has 24 heavy (non-hydrogen) atoms. The molecule has 8 heteroatoms. The van der Waals surface area contributed by atoms with Crippen molar-refractivity contribution in [2.45, 2.75) is 20.0 Å². The van der Waals surface area contributed by atoms with E-state index in [1.165, 1.54) is 0 Å². The van der Waals surface area contributed by atoms with Gasteiger partial charge in [0, 0.05) is 15.4 Å². The molecule has 0 radical (unpaired) electrons. The summed E-state index contributed by atoms with van der Waals surface area (Å²) in [6.45, 7) is 2.14. The Bertz CT molecular complexity index is 842. The third kappa shape index (κ3) is 4.42. The van der Waals surface area contributed by atoms with E-state index in [4.69, 9.17) is 15.0 Å². The molecule has 6 nitrogen and oxygen atoms in total. The van der Waals surface area contributed by atoms with E-state index in [-0.39, 0.29) is 6.61 Å². The maximum atomic E-state index is 5.83. The topological polar surface area (TPSA) is 86.5 Å². The maximum Gasteiger partial charge on any atom is 0.226 e. The number of thiazole rings is 1. The number of amidine groups is 1. The fourth-order valence-electron chi connectivity index (χ4n) is 1.99. The van der Waals surface area contributed by atoms with E-state index in [0.717, 1.165) is 20.7 Å². The average molecular weight is 407 g/mol. The largest absolute Gasteiger partial charge is 0.444 e. The van der Waals surface area contributed by atoms with Gasteiger partial charge >= 0.3 is 0 Å². The van der Waals surface area contributed by atoms with Gasteiger partial charge < -0.3 is 15.0 Å². The highest BCUT2D eigenvalue weighted by molar-refractivity contribution is 9.10. The molecule has 0 saturated carbocycles. The second-order valence-corrected chi connectivity index (χ2v) is 7.02. The van der Waals surface area contributed by atoms with Crippen LogP contribution >= 0.6 is 27.3 Å². The molecule has 0 spiro atoms. The molecule has 0 saturated heterocycles. The van der Waals surface area contributed by atoms with E-state index in [1.807, 2.05) is 36.6 Å². The lowest BCUT2D eigenvalue weighted by molar-refractivity contribution is 0.127. The van der Waals surface area contributed by atoms with Crippen molar-refractivity contribution in [2.75, 3.05) is 0 Å². The van der Waals surface area contributed by atoms with Crippen LogP contribution in [-0.4, -0.2) is 15.8 Å². The minimum Gasteiger partial charge on any atom is -0.444 e. The van der Waals surface area contributed by atoms with Crippen molar-refractivity contribution in [1.82, 2.24) is 9.97 Å². The third-order valence-corrected chi connectivity index (χ3v) is 4.42. The number of rotatable bonds is 6. The Balaban J connectivity index is 1.55. The summed E-state index contributed by atoms with van der Waals surface area (Å²) in [4.78, 5) is 13.9. The van der Waals surface area contributed by atoms with Crippen molar-refractivity contribution < 1.29 is 9.25 Å². The van der Waals surface area contributed by atoms with E-state index in [0.29, 0.717) is 23.8 Å². The molecule has 0 aliphatic heterocycles. The molecule has 124 valence electrons. The Hall–Kier alpha value is -2.19. The van der Waals surface area contributed by atoms with Gasteiger partial charge in [-0.1, -0.05) is 21.1 Å². The first kappa shape index (κ1) is 16.7. The fraction of sp³-hybridized carbons (Fsp3) is 0.188. The molecular weight excluding hydrogens is 392 g/mol. The van der Waals surface area contributed by atoms with E-state index < -0.39 is 0 Å².